The van der Waals surface area contributed by atoms with E-state index in [9.17, 15) is 9.59 Å². The van der Waals surface area contributed by atoms with Crippen LogP contribution in [-0.2, 0) is 0 Å². The van der Waals surface area contributed by atoms with Crippen LogP contribution in [0.3, 0.4) is 0 Å². The number of aromatic amines is 1. The van der Waals surface area contributed by atoms with Gasteiger partial charge in [-0.15, -0.1) is 0 Å². The molecule has 3 rings (SSSR count). The molecule has 1 fully saturated rings. The number of amides is 1. The molecule has 1 unspecified atom stereocenters. The van der Waals surface area contributed by atoms with Crippen LogP contribution in [0.4, 0.5) is 0 Å². The van der Waals surface area contributed by atoms with E-state index in [1.54, 1.807) is 18.2 Å². The molecular weight excluding hydrogens is 304 g/mol. The first-order valence-corrected chi connectivity index (χ1v) is 8.35. The van der Waals surface area contributed by atoms with Crippen molar-refractivity contribution in [3.8, 4) is 11.3 Å². The first-order chi connectivity index (χ1) is 11.7. The second-order valence-electron chi connectivity index (χ2n) is 6.01. The molecule has 126 valence electrons. The number of nitrogens with zero attached hydrogens (tertiary/aromatic N) is 2. The lowest BCUT2D eigenvalue weighted by Crippen LogP contribution is -2.40. The average molecular weight is 326 g/mol. The predicted molar refractivity (Wildman–Crippen MR) is 92.9 cm³/mol. The lowest BCUT2D eigenvalue weighted by molar-refractivity contribution is 0.0941. The fraction of sp³-hybridized carbons (Fsp3) is 0.389. The third-order valence-corrected chi connectivity index (χ3v) is 4.50. The van der Waals surface area contributed by atoms with Gasteiger partial charge in [-0.25, -0.2) is 4.98 Å². The number of benzene rings is 1. The minimum absolute atomic E-state index is 0.0929. The molecule has 0 radical (unpaired) electrons. The van der Waals surface area contributed by atoms with E-state index in [-0.39, 0.29) is 11.5 Å². The highest BCUT2D eigenvalue weighted by Gasteiger charge is 2.23. The smallest absolute Gasteiger partial charge is 0.251 e. The van der Waals surface area contributed by atoms with Gasteiger partial charge in [-0.3, -0.25) is 14.5 Å². The Morgan fingerprint density at radius 3 is 3.08 bits per heavy atom. The predicted octanol–water partition coefficient (Wildman–Crippen LogP) is 1.65. The van der Waals surface area contributed by atoms with Gasteiger partial charge in [0.05, 0.1) is 12.0 Å². The second-order valence-corrected chi connectivity index (χ2v) is 6.01. The molecule has 1 aromatic heterocycles. The van der Waals surface area contributed by atoms with Crippen LogP contribution in [0, 0.1) is 0 Å². The highest BCUT2D eigenvalue weighted by molar-refractivity contribution is 5.95. The highest BCUT2D eigenvalue weighted by atomic mass is 16.1. The number of H-pyrrole nitrogens is 1. The summed E-state index contributed by atoms with van der Waals surface area (Å²) in [6.45, 7) is 4.95. The Balaban J connectivity index is 1.69. The summed E-state index contributed by atoms with van der Waals surface area (Å²) in [6, 6.07) is 9.04. The number of carbonyl (C=O) groups is 1. The van der Waals surface area contributed by atoms with Crippen molar-refractivity contribution < 1.29 is 4.79 Å². The summed E-state index contributed by atoms with van der Waals surface area (Å²) in [5.41, 5.74) is 1.68. The molecule has 0 saturated carbocycles. The summed E-state index contributed by atoms with van der Waals surface area (Å²) >= 11 is 0. The molecule has 1 amide bonds. The molecule has 2 aromatic rings. The minimum Gasteiger partial charge on any atom is -0.350 e. The quantitative estimate of drug-likeness (QED) is 0.876. The third-order valence-electron chi connectivity index (χ3n) is 4.50. The topological polar surface area (TPSA) is 78.1 Å². The zero-order chi connectivity index (χ0) is 16.9. The Bertz CT molecular complexity index is 771. The van der Waals surface area contributed by atoms with Crippen molar-refractivity contribution in [2.24, 2.45) is 0 Å². The van der Waals surface area contributed by atoms with Gasteiger partial charge in [-0.2, -0.15) is 0 Å². The van der Waals surface area contributed by atoms with Crippen LogP contribution < -0.4 is 10.9 Å². The molecule has 0 aliphatic carbocycles. The summed E-state index contributed by atoms with van der Waals surface area (Å²) in [5.74, 6) is -0.0929. The van der Waals surface area contributed by atoms with Crippen LogP contribution in [0.25, 0.3) is 11.3 Å². The maximum Gasteiger partial charge on any atom is 0.251 e. The van der Waals surface area contributed by atoms with Crippen LogP contribution in [0.5, 0.6) is 0 Å². The normalized spacial score (nSPS) is 17.8. The van der Waals surface area contributed by atoms with E-state index in [4.69, 9.17) is 0 Å². The van der Waals surface area contributed by atoms with E-state index in [0.717, 1.165) is 25.1 Å². The first kappa shape index (κ1) is 16.4. The number of carbonyl (C=O) groups excluding carboxylic acids is 1. The molecule has 24 heavy (non-hydrogen) atoms. The summed E-state index contributed by atoms with van der Waals surface area (Å²) < 4.78 is 0. The number of aromatic nitrogens is 2. The maximum atomic E-state index is 12.4. The Morgan fingerprint density at radius 2 is 2.29 bits per heavy atom. The largest absolute Gasteiger partial charge is 0.350 e. The fourth-order valence-electron chi connectivity index (χ4n) is 3.20. The molecule has 2 N–H and O–H groups in total. The second kappa shape index (κ2) is 7.40. The van der Waals surface area contributed by atoms with Gasteiger partial charge < -0.3 is 10.3 Å². The van der Waals surface area contributed by atoms with Gasteiger partial charge in [-0.1, -0.05) is 19.1 Å². The van der Waals surface area contributed by atoms with Crippen molar-refractivity contribution in [3.63, 3.8) is 0 Å². The number of nitrogens with one attached hydrogen (secondary N) is 2. The number of hydrogen-bond donors (Lipinski definition) is 2. The monoisotopic (exact) mass is 326 g/mol. The zero-order valence-corrected chi connectivity index (χ0v) is 13.8. The Morgan fingerprint density at radius 1 is 1.42 bits per heavy atom. The molecule has 6 nitrogen and oxygen atoms in total. The van der Waals surface area contributed by atoms with Crippen LogP contribution >= 0.6 is 0 Å². The van der Waals surface area contributed by atoms with Gasteiger partial charge in [0.15, 0.2) is 0 Å². The maximum absolute atomic E-state index is 12.4. The molecular formula is C18H22N4O2. The number of likely N-dealkylation sites (N-methyl/N-ethyl adjacent to an activating group) is 1. The lowest BCUT2D eigenvalue weighted by Gasteiger charge is -2.22. The molecule has 1 aliphatic rings. The van der Waals surface area contributed by atoms with Crippen molar-refractivity contribution in [2.75, 3.05) is 19.6 Å². The number of likely N-dealkylation sites (tertiary alicyclic amines) is 1. The summed E-state index contributed by atoms with van der Waals surface area (Å²) in [7, 11) is 0. The van der Waals surface area contributed by atoms with Crippen molar-refractivity contribution >= 4 is 5.91 Å². The van der Waals surface area contributed by atoms with Gasteiger partial charge >= 0.3 is 0 Å². The summed E-state index contributed by atoms with van der Waals surface area (Å²) in [5, 5.41) is 3.03. The van der Waals surface area contributed by atoms with Crippen LogP contribution in [-0.4, -0.2) is 46.5 Å². The molecule has 1 saturated heterocycles. The first-order valence-electron chi connectivity index (χ1n) is 8.35. The van der Waals surface area contributed by atoms with E-state index in [2.05, 4.69) is 27.1 Å². The van der Waals surface area contributed by atoms with E-state index in [1.165, 1.54) is 18.8 Å². The average Bonchev–Trinajstić information content (AvgIpc) is 3.07. The van der Waals surface area contributed by atoms with Crippen LogP contribution in [0.1, 0.15) is 30.1 Å². The number of rotatable bonds is 5. The summed E-state index contributed by atoms with van der Waals surface area (Å²) in [4.78, 5) is 32.9. The van der Waals surface area contributed by atoms with Crippen molar-refractivity contribution in [1.82, 2.24) is 20.2 Å². The molecule has 1 aromatic carbocycles. The number of hydrogen-bond acceptors (Lipinski definition) is 4. The van der Waals surface area contributed by atoms with E-state index >= 15 is 0 Å². The summed E-state index contributed by atoms with van der Waals surface area (Å²) in [6.07, 6.45) is 3.69. The molecule has 2 heterocycles. The van der Waals surface area contributed by atoms with Crippen molar-refractivity contribution in [2.45, 2.75) is 25.8 Å². The van der Waals surface area contributed by atoms with Crippen LogP contribution in [0.2, 0.25) is 0 Å². The zero-order valence-electron chi connectivity index (χ0n) is 13.8. The third kappa shape index (κ3) is 3.71. The fourth-order valence-corrected chi connectivity index (χ4v) is 3.20. The van der Waals surface area contributed by atoms with Gasteiger partial charge in [0.2, 0.25) is 0 Å². The molecule has 6 heteroatoms. The standard InChI is InChI=1S/C18H22N4O2/c1-2-22-8-4-7-15(22)11-19-18(24)14-6-3-5-13(9-14)16-10-17(23)21-12-20-16/h3,5-6,9-10,12,15H,2,4,7-8,11H2,1H3,(H,19,24)(H,20,21,23). The van der Waals surface area contributed by atoms with Crippen molar-refractivity contribution in [3.05, 3.63) is 52.6 Å². The van der Waals surface area contributed by atoms with Gasteiger partial charge in [-0.05, 0) is 38.1 Å². The SMILES string of the molecule is CCN1CCCC1CNC(=O)c1cccc(-c2cc(=O)[nH]cn2)c1. The Hall–Kier alpha value is -2.47. The molecule has 0 bridgehead atoms. The lowest BCUT2D eigenvalue weighted by atomic mass is 10.1. The van der Waals surface area contributed by atoms with E-state index in [1.807, 2.05) is 6.07 Å². The van der Waals surface area contributed by atoms with E-state index in [0.29, 0.717) is 23.8 Å². The van der Waals surface area contributed by atoms with Gasteiger partial charge in [0.25, 0.3) is 11.5 Å². The minimum atomic E-state index is -0.212. The Kier molecular flexibility index (Phi) is 5.05. The van der Waals surface area contributed by atoms with E-state index < -0.39 is 0 Å². The highest BCUT2D eigenvalue weighted by Crippen LogP contribution is 2.18. The van der Waals surface area contributed by atoms with Gasteiger partial charge in [0, 0.05) is 29.8 Å². The van der Waals surface area contributed by atoms with Gasteiger partial charge in [0.1, 0.15) is 0 Å². The molecule has 1 aliphatic heterocycles. The Labute approximate surface area is 140 Å². The van der Waals surface area contributed by atoms with Crippen LogP contribution in [0.15, 0.2) is 41.5 Å². The van der Waals surface area contributed by atoms with Crippen molar-refractivity contribution in [1.29, 1.82) is 0 Å². The molecule has 1 atom stereocenters. The molecule has 0 spiro atoms.